The number of rotatable bonds is 6. The molecule has 0 atom stereocenters. The van der Waals surface area contributed by atoms with E-state index in [-0.39, 0.29) is 12.4 Å². The lowest BCUT2D eigenvalue weighted by atomic mass is 10.1. The summed E-state index contributed by atoms with van der Waals surface area (Å²) >= 11 is 0. The number of Topliss-reactive ketones (excluding diaryl/α,β-unsaturated/α-hetero) is 1. The van der Waals surface area contributed by atoms with E-state index in [0.717, 1.165) is 12.0 Å². The van der Waals surface area contributed by atoms with Gasteiger partial charge < -0.3 is 9.47 Å². The molecule has 0 unspecified atom stereocenters. The van der Waals surface area contributed by atoms with Crippen LogP contribution in [0.1, 0.15) is 29.8 Å². The quantitative estimate of drug-likeness (QED) is 0.466. The molecule has 0 saturated carbocycles. The Bertz CT molecular complexity index is 659. The maximum Gasteiger partial charge on any atom is 0.349 e. The van der Waals surface area contributed by atoms with Crippen molar-refractivity contribution < 1.29 is 19.1 Å². The number of esters is 1. The SMILES string of the molecule is CCc1cccc(OCC(=O)Oc2ccc(C(C)=O)cc2)c1. The lowest BCUT2D eigenvalue weighted by Crippen LogP contribution is -2.17. The monoisotopic (exact) mass is 298 g/mol. The average Bonchev–Trinajstić information content (AvgIpc) is 2.53. The van der Waals surface area contributed by atoms with Crippen LogP contribution in [0.25, 0.3) is 0 Å². The Morgan fingerprint density at radius 2 is 1.73 bits per heavy atom. The Morgan fingerprint density at radius 1 is 1.00 bits per heavy atom. The molecule has 0 aliphatic carbocycles. The molecule has 0 spiro atoms. The number of ether oxygens (including phenoxy) is 2. The fraction of sp³-hybridized carbons (Fsp3) is 0.222. The summed E-state index contributed by atoms with van der Waals surface area (Å²) in [5.41, 5.74) is 1.72. The molecule has 2 aromatic rings. The van der Waals surface area contributed by atoms with Gasteiger partial charge in [-0.3, -0.25) is 4.79 Å². The number of hydrogen-bond donors (Lipinski definition) is 0. The van der Waals surface area contributed by atoms with Gasteiger partial charge in [-0.2, -0.15) is 0 Å². The first-order chi connectivity index (χ1) is 10.6. The first-order valence-corrected chi connectivity index (χ1v) is 7.12. The first-order valence-electron chi connectivity index (χ1n) is 7.12. The molecule has 0 amide bonds. The number of ketones is 1. The highest BCUT2D eigenvalue weighted by molar-refractivity contribution is 5.94. The van der Waals surface area contributed by atoms with Crippen LogP contribution in [0.5, 0.6) is 11.5 Å². The van der Waals surface area contributed by atoms with Gasteiger partial charge in [-0.05, 0) is 55.3 Å². The number of benzene rings is 2. The second kappa shape index (κ2) is 7.41. The number of hydrogen-bond acceptors (Lipinski definition) is 4. The van der Waals surface area contributed by atoms with Gasteiger partial charge in [0.1, 0.15) is 11.5 Å². The normalized spacial score (nSPS) is 10.1. The van der Waals surface area contributed by atoms with Crippen molar-refractivity contribution in [2.75, 3.05) is 6.61 Å². The van der Waals surface area contributed by atoms with E-state index >= 15 is 0 Å². The van der Waals surface area contributed by atoms with E-state index < -0.39 is 5.97 Å². The fourth-order valence-corrected chi connectivity index (χ4v) is 1.92. The maximum atomic E-state index is 11.7. The molecule has 0 N–H and O–H groups in total. The van der Waals surface area contributed by atoms with Gasteiger partial charge in [-0.1, -0.05) is 19.1 Å². The van der Waals surface area contributed by atoms with Crippen molar-refractivity contribution >= 4 is 11.8 Å². The highest BCUT2D eigenvalue weighted by Crippen LogP contribution is 2.15. The maximum absolute atomic E-state index is 11.7. The van der Waals surface area contributed by atoms with Crippen LogP contribution in [0.3, 0.4) is 0 Å². The lowest BCUT2D eigenvalue weighted by Gasteiger charge is -2.08. The molecular formula is C18H18O4. The molecule has 0 aliphatic rings. The largest absolute Gasteiger partial charge is 0.482 e. The smallest absolute Gasteiger partial charge is 0.349 e. The van der Waals surface area contributed by atoms with Gasteiger partial charge in [-0.15, -0.1) is 0 Å². The van der Waals surface area contributed by atoms with E-state index in [9.17, 15) is 9.59 Å². The number of carbonyl (C=O) groups excluding carboxylic acids is 2. The van der Waals surface area contributed by atoms with Gasteiger partial charge in [0.05, 0.1) is 0 Å². The van der Waals surface area contributed by atoms with Gasteiger partial charge >= 0.3 is 5.97 Å². The van der Waals surface area contributed by atoms with Crippen molar-refractivity contribution in [1.29, 1.82) is 0 Å². The van der Waals surface area contributed by atoms with Crippen molar-refractivity contribution in [3.63, 3.8) is 0 Å². The van der Waals surface area contributed by atoms with Crippen LogP contribution < -0.4 is 9.47 Å². The van der Waals surface area contributed by atoms with Crippen LogP contribution in [0.4, 0.5) is 0 Å². The van der Waals surface area contributed by atoms with Crippen LogP contribution in [0.15, 0.2) is 48.5 Å². The zero-order valence-corrected chi connectivity index (χ0v) is 12.7. The van der Waals surface area contributed by atoms with Crippen molar-refractivity contribution in [3.05, 3.63) is 59.7 Å². The molecule has 0 heterocycles. The van der Waals surface area contributed by atoms with E-state index in [0.29, 0.717) is 17.1 Å². The molecule has 0 bridgehead atoms. The highest BCUT2D eigenvalue weighted by Gasteiger charge is 2.07. The van der Waals surface area contributed by atoms with Gasteiger partial charge in [0, 0.05) is 5.56 Å². The lowest BCUT2D eigenvalue weighted by molar-refractivity contribution is -0.136. The van der Waals surface area contributed by atoms with E-state index in [1.807, 2.05) is 18.2 Å². The summed E-state index contributed by atoms with van der Waals surface area (Å²) in [6.07, 6.45) is 0.907. The Morgan fingerprint density at radius 3 is 2.36 bits per heavy atom. The molecule has 2 rings (SSSR count). The summed E-state index contributed by atoms with van der Waals surface area (Å²) in [6.45, 7) is 3.37. The highest BCUT2D eigenvalue weighted by atomic mass is 16.6. The molecule has 0 radical (unpaired) electrons. The zero-order valence-electron chi connectivity index (χ0n) is 12.7. The summed E-state index contributed by atoms with van der Waals surface area (Å²) in [7, 11) is 0. The summed E-state index contributed by atoms with van der Waals surface area (Å²) in [6, 6.07) is 14.0. The minimum absolute atomic E-state index is 0.0305. The number of aryl methyl sites for hydroxylation is 1. The minimum atomic E-state index is -0.488. The molecule has 114 valence electrons. The van der Waals surface area contributed by atoms with Crippen molar-refractivity contribution in [2.24, 2.45) is 0 Å². The Hall–Kier alpha value is -2.62. The summed E-state index contributed by atoms with van der Waals surface area (Å²) < 4.78 is 10.6. The molecule has 0 aliphatic heterocycles. The zero-order chi connectivity index (χ0) is 15.9. The standard InChI is InChI=1S/C18H18O4/c1-3-14-5-4-6-17(11-14)21-12-18(20)22-16-9-7-15(8-10-16)13(2)19/h4-11H,3,12H2,1-2H3. The second-order valence-electron chi connectivity index (χ2n) is 4.84. The van der Waals surface area contributed by atoms with Gasteiger partial charge in [0.15, 0.2) is 12.4 Å². The molecule has 0 aromatic heterocycles. The Labute approximate surface area is 129 Å². The predicted molar refractivity (Wildman–Crippen MR) is 83.4 cm³/mol. The van der Waals surface area contributed by atoms with E-state index in [1.165, 1.54) is 6.92 Å². The average molecular weight is 298 g/mol. The summed E-state index contributed by atoms with van der Waals surface area (Å²) in [5, 5.41) is 0. The van der Waals surface area contributed by atoms with E-state index in [1.54, 1.807) is 30.3 Å². The minimum Gasteiger partial charge on any atom is -0.482 e. The molecule has 0 fully saturated rings. The summed E-state index contributed by atoms with van der Waals surface area (Å²) in [4.78, 5) is 22.9. The second-order valence-corrected chi connectivity index (χ2v) is 4.84. The molecule has 22 heavy (non-hydrogen) atoms. The van der Waals surface area contributed by atoms with Crippen molar-refractivity contribution in [1.82, 2.24) is 0 Å². The Kier molecular flexibility index (Phi) is 5.31. The molecule has 4 nitrogen and oxygen atoms in total. The van der Waals surface area contributed by atoms with E-state index in [4.69, 9.17) is 9.47 Å². The summed E-state index contributed by atoms with van der Waals surface area (Å²) in [5.74, 6) is 0.513. The molecule has 2 aromatic carbocycles. The Balaban J connectivity index is 1.88. The van der Waals surface area contributed by atoms with Crippen LogP contribution in [0, 0.1) is 0 Å². The van der Waals surface area contributed by atoms with Gasteiger partial charge in [-0.25, -0.2) is 4.79 Å². The van der Waals surface area contributed by atoms with Crippen LogP contribution in [-0.2, 0) is 11.2 Å². The fourth-order valence-electron chi connectivity index (χ4n) is 1.92. The van der Waals surface area contributed by atoms with Crippen LogP contribution >= 0.6 is 0 Å². The van der Waals surface area contributed by atoms with Gasteiger partial charge in [0.2, 0.25) is 0 Å². The van der Waals surface area contributed by atoms with Gasteiger partial charge in [0.25, 0.3) is 0 Å². The molecule has 4 heteroatoms. The number of carbonyl (C=O) groups is 2. The van der Waals surface area contributed by atoms with Crippen LogP contribution in [0.2, 0.25) is 0 Å². The topological polar surface area (TPSA) is 52.6 Å². The molecule has 0 saturated heterocycles. The van der Waals surface area contributed by atoms with E-state index in [2.05, 4.69) is 6.92 Å². The third-order valence-corrected chi connectivity index (χ3v) is 3.16. The third-order valence-electron chi connectivity index (χ3n) is 3.16. The third kappa shape index (κ3) is 4.45. The predicted octanol–water partition coefficient (Wildman–Crippen LogP) is 3.44. The first kappa shape index (κ1) is 15.8. The van der Waals surface area contributed by atoms with Crippen LogP contribution in [-0.4, -0.2) is 18.4 Å². The molecular weight excluding hydrogens is 280 g/mol. The van der Waals surface area contributed by atoms with Crippen molar-refractivity contribution in [3.8, 4) is 11.5 Å². The van der Waals surface area contributed by atoms with Crippen molar-refractivity contribution in [2.45, 2.75) is 20.3 Å².